The number of amides is 1. The van der Waals surface area contributed by atoms with Gasteiger partial charge in [0.1, 0.15) is 16.3 Å². The maximum atomic E-state index is 14.2. The largest absolute Gasteiger partial charge is 0.420 e. The van der Waals surface area contributed by atoms with Crippen molar-refractivity contribution in [2.45, 2.75) is 62.2 Å². The number of carbonyl (C=O) groups excluding carboxylic acids is 1. The highest BCUT2D eigenvalue weighted by Gasteiger charge is 2.86. The molecule has 0 bridgehead atoms. The Labute approximate surface area is 189 Å². The summed E-state index contributed by atoms with van der Waals surface area (Å²) in [6.07, 6.45) is 3.51. The average molecular weight is 480 g/mol. The summed E-state index contributed by atoms with van der Waals surface area (Å²) in [6.45, 7) is 0.329. The molecule has 176 valence electrons. The van der Waals surface area contributed by atoms with Crippen LogP contribution in [0.2, 0.25) is 0 Å². The second kappa shape index (κ2) is 6.37. The van der Waals surface area contributed by atoms with Crippen molar-refractivity contribution in [1.29, 1.82) is 4.78 Å². The fourth-order valence-electron chi connectivity index (χ4n) is 5.98. The molecular weight excluding hydrogens is 455 g/mol. The standard InChI is InChI=1S/C22H24F3N5O2S/c1-33(26,32)15-10-13(4-9-27-15)28-19(31)18-16(22(23,24)25)17(12-2-3-12)29-30(18)11-14-20(5-6-20)21(14)7-8-21/h4,9-10,12,14,26H,2-3,5-8,11H2,1H3,(H,27,28,31)/t33-/m0/s1. The molecule has 4 fully saturated rings. The number of aromatic nitrogens is 3. The number of nitrogens with one attached hydrogen (secondary N) is 2. The minimum absolute atomic E-state index is 0.0267. The van der Waals surface area contributed by atoms with Gasteiger partial charge in [0.25, 0.3) is 5.91 Å². The summed E-state index contributed by atoms with van der Waals surface area (Å²) in [5, 5.41) is 6.84. The highest BCUT2D eigenvalue weighted by atomic mass is 32.2. The third kappa shape index (κ3) is 3.22. The molecule has 1 amide bonds. The van der Waals surface area contributed by atoms with Crippen molar-refractivity contribution < 1.29 is 22.2 Å². The minimum atomic E-state index is -4.71. The Balaban J connectivity index is 1.38. The van der Waals surface area contributed by atoms with Gasteiger partial charge in [-0.1, -0.05) is 0 Å². The Kier molecular flexibility index (Phi) is 4.08. The highest BCUT2D eigenvalue weighted by molar-refractivity contribution is 7.91. The van der Waals surface area contributed by atoms with Crippen molar-refractivity contribution in [2.75, 3.05) is 11.6 Å². The molecule has 2 heterocycles. The molecule has 2 spiro atoms. The van der Waals surface area contributed by atoms with E-state index in [2.05, 4.69) is 15.4 Å². The van der Waals surface area contributed by atoms with Crippen LogP contribution in [-0.2, 0) is 22.5 Å². The molecule has 7 nitrogen and oxygen atoms in total. The van der Waals surface area contributed by atoms with Crippen LogP contribution < -0.4 is 5.32 Å². The first-order valence-corrected chi connectivity index (χ1v) is 13.1. The lowest BCUT2D eigenvalue weighted by atomic mass is 10.1. The third-order valence-electron chi connectivity index (χ3n) is 8.01. The Morgan fingerprint density at radius 2 is 1.91 bits per heavy atom. The molecule has 0 unspecified atom stereocenters. The number of anilines is 1. The highest BCUT2D eigenvalue weighted by Crippen LogP contribution is 2.92. The molecule has 33 heavy (non-hydrogen) atoms. The Morgan fingerprint density at radius 3 is 2.42 bits per heavy atom. The third-order valence-corrected chi connectivity index (χ3v) is 9.03. The number of hydrogen-bond acceptors (Lipinski definition) is 5. The van der Waals surface area contributed by atoms with E-state index in [1.165, 1.54) is 29.3 Å². The molecule has 2 aromatic rings. The molecule has 0 aliphatic heterocycles. The first-order valence-electron chi connectivity index (χ1n) is 11.2. The van der Waals surface area contributed by atoms with E-state index in [1.807, 2.05) is 0 Å². The number of rotatable bonds is 6. The van der Waals surface area contributed by atoms with Crippen molar-refractivity contribution in [3.05, 3.63) is 35.3 Å². The summed E-state index contributed by atoms with van der Waals surface area (Å²) in [4.78, 5) is 17.1. The quantitative estimate of drug-likeness (QED) is 0.630. The molecule has 4 aliphatic carbocycles. The van der Waals surface area contributed by atoms with Crippen LogP contribution in [0, 0.1) is 21.5 Å². The van der Waals surface area contributed by atoms with Crippen molar-refractivity contribution in [2.24, 2.45) is 16.7 Å². The summed E-state index contributed by atoms with van der Waals surface area (Å²) in [5.41, 5.74) is -0.748. The molecule has 0 radical (unpaired) electrons. The Bertz CT molecular complexity index is 1270. The fraction of sp³-hybridized carbons (Fsp3) is 0.591. The van der Waals surface area contributed by atoms with Crippen LogP contribution in [0.1, 0.15) is 66.2 Å². The second-order valence-corrected chi connectivity index (χ2v) is 12.2. The lowest BCUT2D eigenvalue weighted by Gasteiger charge is -2.13. The van der Waals surface area contributed by atoms with Crippen LogP contribution in [0.3, 0.4) is 0 Å². The summed E-state index contributed by atoms with van der Waals surface area (Å²) < 4.78 is 63.6. The summed E-state index contributed by atoms with van der Waals surface area (Å²) in [6, 6.07) is 2.67. The molecule has 6 rings (SSSR count). The smallest absolute Gasteiger partial charge is 0.320 e. The van der Waals surface area contributed by atoms with Gasteiger partial charge in [0.05, 0.1) is 15.4 Å². The van der Waals surface area contributed by atoms with E-state index in [0.717, 1.165) is 25.7 Å². The number of nitrogens with zero attached hydrogens (tertiary/aromatic N) is 3. The molecule has 4 aliphatic rings. The first kappa shape index (κ1) is 21.1. The maximum absolute atomic E-state index is 14.2. The molecule has 0 saturated heterocycles. The molecular formula is C22H24F3N5O2S. The number of fused-ring (bicyclic) bond motifs is 1. The average Bonchev–Trinajstić information content (AvgIpc) is 3.56. The topological polar surface area (TPSA) is 101 Å². The Hall–Kier alpha value is -2.43. The monoisotopic (exact) mass is 479 g/mol. The molecule has 2 aromatic heterocycles. The molecule has 4 saturated carbocycles. The van der Waals surface area contributed by atoms with Crippen LogP contribution in [0.15, 0.2) is 23.4 Å². The van der Waals surface area contributed by atoms with E-state index in [0.29, 0.717) is 19.4 Å². The van der Waals surface area contributed by atoms with E-state index < -0.39 is 33.1 Å². The zero-order chi connectivity index (χ0) is 23.4. The Morgan fingerprint density at radius 1 is 1.27 bits per heavy atom. The van der Waals surface area contributed by atoms with Gasteiger partial charge in [-0.25, -0.2) is 14.0 Å². The predicted molar refractivity (Wildman–Crippen MR) is 113 cm³/mol. The van der Waals surface area contributed by atoms with Gasteiger partial charge in [-0.3, -0.25) is 9.48 Å². The summed E-state index contributed by atoms with van der Waals surface area (Å²) in [7, 11) is -3.14. The van der Waals surface area contributed by atoms with Crippen molar-refractivity contribution in [1.82, 2.24) is 14.8 Å². The van der Waals surface area contributed by atoms with Crippen LogP contribution >= 0.6 is 0 Å². The van der Waals surface area contributed by atoms with Gasteiger partial charge >= 0.3 is 6.18 Å². The van der Waals surface area contributed by atoms with Gasteiger partial charge in [-0.15, -0.1) is 0 Å². The lowest BCUT2D eigenvalue weighted by Crippen LogP contribution is -2.23. The van der Waals surface area contributed by atoms with Gasteiger partial charge in [0.2, 0.25) is 0 Å². The fourth-order valence-corrected chi connectivity index (χ4v) is 6.59. The normalized spacial score (nSPS) is 24.0. The van der Waals surface area contributed by atoms with E-state index in [-0.39, 0.29) is 39.1 Å². The molecule has 0 aromatic carbocycles. The van der Waals surface area contributed by atoms with Crippen LogP contribution in [0.4, 0.5) is 18.9 Å². The number of pyridine rings is 1. The number of halogens is 3. The molecule has 11 heteroatoms. The zero-order valence-corrected chi connectivity index (χ0v) is 18.9. The minimum Gasteiger partial charge on any atom is -0.320 e. The van der Waals surface area contributed by atoms with Gasteiger partial charge < -0.3 is 5.32 Å². The van der Waals surface area contributed by atoms with Crippen molar-refractivity contribution >= 4 is 21.3 Å². The van der Waals surface area contributed by atoms with Crippen molar-refractivity contribution in [3.63, 3.8) is 0 Å². The number of hydrogen-bond donors (Lipinski definition) is 2. The van der Waals surface area contributed by atoms with Crippen LogP contribution in [0.25, 0.3) is 0 Å². The molecule has 1 atom stereocenters. The number of alkyl halides is 3. The van der Waals surface area contributed by atoms with Gasteiger partial charge in [0, 0.05) is 30.6 Å². The van der Waals surface area contributed by atoms with Gasteiger partial charge in [-0.05, 0) is 67.4 Å². The van der Waals surface area contributed by atoms with E-state index in [4.69, 9.17) is 4.78 Å². The summed E-state index contributed by atoms with van der Waals surface area (Å²) >= 11 is 0. The van der Waals surface area contributed by atoms with E-state index in [1.54, 1.807) is 0 Å². The maximum Gasteiger partial charge on any atom is 0.420 e. The predicted octanol–water partition coefficient (Wildman–Crippen LogP) is 4.65. The SMILES string of the molecule is C[S@](=N)(=O)c1cc(NC(=O)c2c(C(F)(F)F)c(C3CC3)nn2CC2C3(CC3)C23CC3)ccn1. The first-order chi connectivity index (χ1) is 15.5. The van der Waals surface area contributed by atoms with Crippen LogP contribution in [0.5, 0.6) is 0 Å². The van der Waals surface area contributed by atoms with Crippen molar-refractivity contribution in [3.8, 4) is 0 Å². The molecule has 2 N–H and O–H groups in total. The van der Waals surface area contributed by atoms with Gasteiger partial charge in [0.15, 0.2) is 0 Å². The van der Waals surface area contributed by atoms with Crippen LogP contribution in [-0.4, -0.2) is 31.1 Å². The van der Waals surface area contributed by atoms with Gasteiger partial charge in [-0.2, -0.15) is 18.3 Å². The van der Waals surface area contributed by atoms with E-state index >= 15 is 0 Å². The zero-order valence-electron chi connectivity index (χ0n) is 18.0. The number of carbonyl (C=O) groups is 1. The van der Waals surface area contributed by atoms with E-state index in [9.17, 15) is 22.2 Å². The lowest BCUT2D eigenvalue weighted by molar-refractivity contribution is -0.138. The second-order valence-electron chi connectivity index (χ2n) is 10.1. The summed E-state index contributed by atoms with van der Waals surface area (Å²) in [5.74, 6) is -0.883.